The molecule has 0 fully saturated rings. The van der Waals surface area contributed by atoms with Gasteiger partial charge >= 0.3 is 0 Å². The highest BCUT2D eigenvalue weighted by Crippen LogP contribution is 2.42. The number of anilines is 2. The van der Waals surface area contributed by atoms with Crippen LogP contribution in [0.4, 0.5) is 11.6 Å². The van der Waals surface area contributed by atoms with Crippen molar-refractivity contribution in [2.45, 2.75) is 18.7 Å². The van der Waals surface area contributed by atoms with E-state index in [9.17, 15) is 18.0 Å². The lowest BCUT2D eigenvalue weighted by atomic mass is 10.3. The summed E-state index contributed by atoms with van der Waals surface area (Å²) in [4.78, 5) is 35.4. The van der Waals surface area contributed by atoms with Gasteiger partial charge in [-0.1, -0.05) is 0 Å². The summed E-state index contributed by atoms with van der Waals surface area (Å²) in [6.45, 7) is 3.49. The van der Waals surface area contributed by atoms with Crippen LogP contribution in [0.15, 0.2) is 45.0 Å². The summed E-state index contributed by atoms with van der Waals surface area (Å²) in [7, 11) is -3.92. The first-order chi connectivity index (χ1) is 13.8. The summed E-state index contributed by atoms with van der Waals surface area (Å²) in [6.07, 6.45) is 0. The second-order valence-corrected chi connectivity index (χ2v) is 10.3. The van der Waals surface area contributed by atoms with Crippen LogP contribution >= 0.6 is 23.5 Å². The van der Waals surface area contributed by atoms with Crippen molar-refractivity contribution in [2.24, 2.45) is 0 Å². The number of aromatic nitrogens is 2. The van der Waals surface area contributed by atoms with Crippen LogP contribution in [0.2, 0.25) is 0 Å². The third-order valence-electron chi connectivity index (χ3n) is 4.19. The number of sulfonamides is 1. The van der Waals surface area contributed by atoms with Crippen molar-refractivity contribution in [3.8, 4) is 0 Å². The summed E-state index contributed by atoms with van der Waals surface area (Å²) in [5, 5.41) is 0. The van der Waals surface area contributed by atoms with Crippen LogP contribution < -0.4 is 9.62 Å². The lowest BCUT2D eigenvalue weighted by Crippen LogP contribution is -2.31. The minimum absolute atomic E-state index is 0.0117. The number of thioether (sulfide) groups is 2. The molecule has 0 radical (unpaired) electrons. The van der Waals surface area contributed by atoms with Crippen molar-refractivity contribution < 1.29 is 18.0 Å². The molecule has 0 spiro atoms. The normalized spacial score (nSPS) is 17.0. The van der Waals surface area contributed by atoms with Crippen LogP contribution in [-0.2, 0) is 19.6 Å². The van der Waals surface area contributed by atoms with Crippen molar-refractivity contribution in [3.05, 3.63) is 51.5 Å². The van der Waals surface area contributed by atoms with E-state index in [1.807, 2.05) is 0 Å². The fourth-order valence-electron chi connectivity index (χ4n) is 2.99. The number of hydrogen-bond acceptors (Lipinski definition) is 8. The van der Waals surface area contributed by atoms with E-state index >= 15 is 0 Å². The number of hydrogen-bond donors (Lipinski definition) is 1. The minimum Gasteiger partial charge on any atom is -0.268 e. The molecule has 8 nitrogen and oxygen atoms in total. The van der Waals surface area contributed by atoms with Gasteiger partial charge in [0.2, 0.25) is 5.95 Å². The predicted octanol–water partition coefficient (Wildman–Crippen LogP) is 2.46. The fraction of sp³-hybridized carbons (Fsp3) is 0.222. The van der Waals surface area contributed by atoms with Crippen molar-refractivity contribution in [1.29, 1.82) is 0 Å². The lowest BCUT2D eigenvalue weighted by Gasteiger charge is -2.15. The molecule has 11 heteroatoms. The highest BCUT2D eigenvalue weighted by Gasteiger charge is 2.41. The minimum atomic E-state index is -3.92. The molecule has 29 heavy (non-hydrogen) atoms. The Labute approximate surface area is 176 Å². The molecule has 1 aromatic heterocycles. The molecule has 2 aliphatic rings. The molecule has 1 N–H and O–H groups in total. The zero-order chi connectivity index (χ0) is 20.8. The zero-order valence-electron chi connectivity index (χ0n) is 15.5. The number of rotatable bonds is 4. The molecule has 2 amide bonds. The van der Waals surface area contributed by atoms with Gasteiger partial charge in [0.1, 0.15) is 0 Å². The number of benzene rings is 1. The topological polar surface area (TPSA) is 109 Å². The Morgan fingerprint density at radius 1 is 0.931 bits per heavy atom. The Morgan fingerprint density at radius 3 is 1.97 bits per heavy atom. The van der Waals surface area contributed by atoms with Gasteiger partial charge in [0, 0.05) is 22.9 Å². The fourth-order valence-corrected chi connectivity index (χ4v) is 6.23. The van der Waals surface area contributed by atoms with Gasteiger partial charge in [-0.25, -0.2) is 28.0 Å². The number of aryl methyl sites for hydroxylation is 2. The standard InChI is InChI=1S/C18H16N4O4S3/c1-10-9-11(2)20-18(19-10)21-29(25,26)13-5-3-12(4-6-13)22-16(23)14-15(17(22)24)28-8-7-27-14/h3-6,9H,7-8H2,1-2H3,(H,19,20,21). The summed E-state index contributed by atoms with van der Waals surface area (Å²) in [5.41, 5.74) is 1.62. The smallest absolute Gasteiger partial charge is 0.268 e. The maximum atomic E-state index is 12.6. The number of amides is 2. The van der Waals surface area contributed by atoms with Crippen molar-refractivity contribution >= 4 is 57.0 Å². The Kier molecular flexibility index (Phi) is 5.13. The van der Waals surface area contributed by atoms with Crippen molar-refractivity contribution in [3.63, 3.8) is 0 Å². The van der Waals surface area contributed by atoms with Gasteiger partial charge in [-0.05, 0) is 44.2 Å². The van der Waals surface area contributed by atoms with E-state index in [4.69, 9.17) is 0 Å². The van der Waals surface area contributed by atoms with Gasteiger partial charge in [-0.3, -0.25) is 9.59 Å². The van der Waals surface area contributed by atoms with E-state index < -0.39 is 10.0 Å². The number of nitrogens with one attached hydrogen (secondary N) is 1. The quantitative estimate of drug-likeness (QED) is 0.711. The monoisotopic (exact) mass is 448 g/mol. The molecular formula is C18H16N4O4S3. The predicted molar refractivity (Wildman–Crippen MR) is 113 cm³/mol. The van der Waals surface area contributed by atoms with Gasteiger partial charge in [0.05, 0.1) is 20.4 Å². The Bertz CT molecular complexity index is 1110. The first-order valence-electron chi connectivity index (χ1n) is 8.60. The van der Waals surface area contributed by atoms with Gasteiger partial charge in [0.25, 0.3) is 21.8 Å². The maximum Gasteiger partial charge on any atom is 0.273 e. The molecule has 0 unspecified atom stereocenters. The summed E-state index contributed by atoms with van der Waals surface area (Å²) in [5.74, 6) is 0.820. The van der Waals surface area contributed by atoms with E-state index in [2.05, 4.69) is 14.7 Å². The van der Waals surface area contributed by atoms with Gasteiger partial charge in [-0.15, -0.1) is 23.5 Å². The molecule has 0 saturated carbocycles. The second kappa shape index (κ2) is 7.47. The molecule has 150 valence electrons. The summed E-state index contributed by atoms with van der Waals surface area (Å²) >= 11 is 2.76. The number of carbonyl (C=O) groups is 2. The molecule has 4 rings (SSSR count). The van der Waals surface area contributed by atoms with E-state index in [-0.39, 0.29) is 22.7 Å². The third kappa shape index (κ3) is 3.77. The van der Waals surface area contributed by atoms with Crippen LogP contribution in [0, 0.1) is 13.8 Å². The van der Waals surface area contributed by atoms with Crippen molar-refractivity contribution in [1.82, 2.24) is 9.97 Å². The van der Waals surface area contributed by atoms with Crippen LogP contribution in [-0.4, -0.2) is 41.7 Å². The molecule has 0 saturated heterocycles. The Hall–Kier alpha value is -2.37. The summed E-state index contributed by atoms with van der Waals surface area (Å²) in [6, 6.07) is 7.32. The molecule has 0 atom stereocenters. The number of imide groups is 1. The SMILES string of the molecule is Cc1cc(C)nc(NS(=O)(=O)c2ccc(N3C(=O)C4=C(SCCS4)C3=O)cc2)n1. The highest BCUT2D eigenvalue weighted by atomic mass is 32.2. The average molecular weight is 449 g/mol. The van der Waals surface area contributed by atoms with E-state index in [0.29, 0.717) is 26.9 Å². The van der Waals surface area contributed by atoms with Crippen LogP contribution in [0.5, 0.6) is 0 Å². The van der Waals surface area contributed by atoms with Gasteiger partial charge in [0.15, 0.2) is 0 Å². The lowest BCUT2D eigenvalue weighted by molar-refractivity contribution is -0.120. The van der Waals surface area contributed by atoms with Crippen LogP contribution in [0.3, 0.4) is 0 Å². The van der Waals surface area contributed by atoms with Crippen molar-refractivity contribution in [2.75, 3.05) is 21.1 Å². The second-order valence-electron chi connectivity index (χ2n) is 6.37. The molecule has 2 aliphatic heterocycles. The largest absolute Gasteiger partial charge is 0.273 e. The molecular weight excluding hydrogens is 432 g/mol. The van der Waals surface area contributed by atoms with E-state index in [1.54, 1.807) is 19.9 Å². The zero-order valence-corrected chi connectivity index (χ0v) is 17.9. The number of nitrogens with zero attached hydrogens (tertiary/aromatic N) is 3. The third-order valence-corrected chi connectivity index (χ3v) is 8.07. The first-order valence-corrected chi connectivity index (χ1v) is 12.1. The number of carbonyl (C=O) groups excluding carboxylic acids is 2. The molecule has 0 bridgehead atoms. The maximum absolute atomic E-state index is 12.6. The van der Waals surface area contributed by atoms with Crippen LogP contribution in [0.25, 0.3) is 0 Å². The van der Waals surface area contributed by atoms with Gasteiger partial charge in [-0.2, -0.15) is 0 Å². The summed E-state index contributed by atoms with van der Waals surface area (Å²) < 4.78 is 27.6. The van der Waals surface area contributed by atoms with E-state index in [1.165, 1.54) is 47.8 Å². The van der Waals surface area contributed by atoms with E-state index in [0.717, 1.165) is 16.4 Å². The Morgan fingerprint density at radius 2 is 1.45 bits per heavy atom. The van der Waals surface area contributed by atoms with Gasteiger partial charge < -0.3 is 0 Å². The highest BCUT2D eigenvalue weighted by molar-refractivity contribution is 8.11. The van der Waals surface area contributed by atoms with Crippen LogP contribution in [0.1, 0.15) is 11.4 Å². The first kappa shape index (κ1) is 19.9. The molecule has 0 aliphatic carbocycles. The average Bonchev–Trinajstić information content (AvgIpc) is 2.92. The molecule has 1 aromatic carbocycles. The molecule has 2 aromatic rings. The Balaban J connectivity index is 1.58. The molecule has 3 heterocycles.